The molecular weight excluding hydrogens is 198 g/mol. The Morgan fingerprint density at radius 1 is 1.47 bits per heavy atom. The number of nitrogens with one attached hydrogen (secondary N) is 1. The Bertz CT molecular complexity index is 245. The molecule has 0 aromatic carbocycles. The summed E-state index contributed by atoms with van der Waals surface area (Å²) in [6.45, 7) is 7.03. The predicted octanol–water partition coefficient (Wildman–Crippen LogP) is 0.818. The van der Waals surface area contributed by atoms with Crippen LogP contribution in [0.15, 0.2) is 5.16 Å². The molecule has 0 aromatic heterocycles. The zero-order chi connectivity index (χ0) is 12.1. The van der Waals surface area contributed by atoms with Gasteiger partial charge in [0.15, 0.2) is 5.84 Å². The Kier molecular flexibility index (Phi) is 4.90. The molecule has 0 radical (unpaired) electrons. The molecule has 0 saturated carbocycles. The first-order valence-electron chi connectivity index (χ1n) is 4.62. The van der Waals surface area contributed by atoms with Crippen LogP contribution in [-0.4, -0.2) is 30.7 Å². The molecule has 88 valence electrons. The number of alkyl carbamates (subject to hydrolysis) is 1. The van der Waals surface area contributed by atoms with Crippen molar-refractivity contribution in [2.75, 3.05) is 7.11 Å². The molecule has 0 saturated heterocycles. The van der Waals surface area contributed by atoms with Gasteiger partial charge >= 0.3 is 6.09 Å². The van der Waals surface area contributed by atoms with E-state index in [9.17, 15) is 4.79 Å². The number of hydrogen-bond acceptors (Lipinski definition) is 4. The van der Waals surface area contributed by atoms with E-state index in [0.717, 1.165) is 0 Å². The van der Waals surface area contributed by atoms with Gasteiger partial charge in [-0.3, -0.25) is 0 Å². The average molecular weight is 217 g/mol. The highest BCUT2D eigenvalue weighted by molar-refractivity contribution is 5.88. The largest absolute Gasteiger partial charge is 0.444 e. The van der Waals surface area contributed by atoms with Crippen molar-refractivity contribution in [3.05, 3.63) is 0 Å². The minimum absolute atomic E-state index is 0.184. The zero-order valence-corrected chi connectivity index (χ0v) is 9.83. The first-order valence-corrected chi connectivity index (χ1v) is 4.62. The van der Waals surface area contributed by atoms with Gasteiger partial charge in [-0.05, 0) is 27.7 Å². The lowest BCUT2D eigenvalue weighted by atomic mass is 10.2. The summed E-state index contributed by atoms with van der Waals surface area (Å²) in [7, 11) is 1.38. The number of nitrogens with zero attached hydrogens (tertiary/aromatic N) is 1. The van der Waals surface area contributed by atoms with Gasteiger partial charge in [0.25, 0.3) is 0 Å². The molecule has 6 heteroatoms. The van der Waals surface area contributed by atoms with Gasteiger partial charge in [0.1, 0.15) is 12.7 Å². The third-order valence-corrected chi connectivity index (χ3v) is 1.37. The highest BCUT2D eigenvalue weighted by atomic mass is 16.6. The van der Waals surface area contributed by atoms with E-state index in [1.807, 2.05) is 0 Å². The van der Waals surface area contributed by atoms with Gasteiger partial charge in [-0.25, -0.2) is 4.79 Å². The monoisotopic (exact) mass is 217 g/mol. The van der Waals surface area contributed by atoms with Crippen LogP contribution in [0.25, 0.3) is 0 Å². The second kappa shape index (κ2) is 5.43. The molecule has 0 fully saturated rings. The van der Waals surface area contributed by atoms with E-state index in [2.05, 4.69) is 15.3 Å². The number of amides is 1. The summed E-state index contributed by atoms with van der Waals surface area (Å²) < 4.78 is 5.04. The Labute approximate surface area is 89.8 Å². The molecule has 0 aliphatic carbocycles. The molecule has 0 aliphatic rings. The van der Waals surface area contributed by atoms with Crippen molar-refractivity contribution in [2.24, 2.45) is 10.9 Å². The minimum Gasteiger partial charge on any atom is -0.444 e. The number of ether oxygens (including phenoxy) is 1. The number of carbonyl (C=O) groups excluding carboxylic acids is 1. The van der Waals surface area contributed by atoms with Crippen LogP contribution >= 0.6 is 0 Å². The van der Waals surface area contributed by atoms with E-state index in [1.165, 1.54) is 7.11 Å². The lowest BCUT2D eigenvalue weighted by Gasteiger charge is -2.21. The van der Waals surface area contributed by atoms with Crippen LogP contribution in [0, 0.1) is 0 Å². The Morgan fingerprint density at radius 2 is 2.00 bits per heavy atom. The van der Waals surface area contributed by atoms with Gasteiger partial charge in [-0.15, -0.1) is 0 Å². The SMILES string of the molecule is CO/N=C(/N)[C@H](C)NC(=O)OC(C)(C)C. The maximum absolute atomic E-state index is 11.3. The van der Waals surface area contributed by atoms with Crippen LogP contribution in [0.4, 0.5) is 4.79 Å². The molecule has 3 N–H and O–H groups in total. The van der Waals surface area contributed by atoms with Crippen molar-refractivity contribution >= 4 is 11.9 Å². The number of rotatable bonds is 3. The quantitative estimate of drug-likeness (QED) is 0.416. The average Bonchev–Trinajstić information content (AvgIpc) is 2.00. The number of carbonyl (C=O) groups is 1. The Balaban J connectivity index is 4.13. The number of oxime groups is 1. The van der Waals surface area contributed by atoms with Crippen LogP contribution < -0.4 is 11.1 Å². The van der Waals surface area contributed by atoms with E-state index in [0.29, 0.717) is 0 Å². The van der Waals surface area contributed by atoms with Gasteiger partial charge in [0.2, 0.25) is 0 Å². The fourth-order valence-corrected chi connectivity index (χ4v) is 0.743. The smallest absolute Gasteiger partial charge is 0.408 e. The van der Waals surface area contributed by atoms with Crippen molar-refractivity contribution in [1.29, 1.82) is 0 Å². The second-order valence-electron chi connectivity index (χ2n) is 4.07. The van der Waals surface area contributed by atoms with Gasteiger partial charge in [-0.2, -0.15) is 0 Å². The van der Waals surface area contributed by atoms with Crippen LogP contribution in [0.1, 0.15) is 27.7 Å². The Hall–Kier alpha value is -1.46. The van der Waals surface area contributed by atoms with Crippen molar-refractivity contribution < 1.29 is 14.4 Å². The van der Waals surface area contributed by atoms with E-state index >= 15 is 0 Å². The van der Waals surface area contributed by atoms with Crippen LogP contribution in [0.5, 0.6) is 0 Å². The van der Waals surface area contributed by atoms with Crippen molar-refractivity contribution in [3.8, 4) is 0 Å². The van der Waals surface area contributed by atoms with Crippen LogP contribution in [0.3, 0.4) is 0 Å². The summed E-state index contributed by atoms with van der Waals surface area (Å²) in [4.78, 5) is 15.8. The summed E-state index contributed by atoms with van der Waals surface area (Å²) >= 11 is 0. The van der Waals surface area contributed by atoms with Gasteiger partial charge < -0.3 is 20.6 Å². The molecular formula is C9H19N3O3. The molecule has 0 aromatic rings. The number of amidine groups is 1. The van der Waals surface area contributed by atoms with E-state index in [4.69, 9.17) is 10.5 Å². The molecule has 6 nitrogen and oxygen atoms in total. The van der Waals surface area contributed by atoms with Gasteiger partial charge in [0, 0.05) is 0 Å². The van der Waals surface area contributed by atoms with Crippen LogP contribution in [0.2, 0.25) is 0 Å². The van der Waals surface area contributed by atoms with E-state index in [1.54, 1.807) is 27.7 Å². The third-order valence-electron chi connectivity index (χ3n) is 1.37. The third kappa shape index (κ3) is 6.59. The number of hydrogen-bond donors (Lipinski definition) is 2. The van der Waals surface area contributed by atoms with E-state index in [-0.39, 0.29) is 5.84 Å². The molecule has 0 unspecified atom stereocenters. The van der Waals surface area contributed by atoms with E-state index < -0.39 is 17.7 Å². The first kappa shape index (κ1) is 13.5. The van der Waals surface area contributed by atoms with Gasteiger partial charge in [0.05, 0.1) is 6.04 Å². The zero-order valence-electron chi connectivity index (χ0n) is 9.83. The first-order chi connectivity index (χ1) is 6.76. The normalized spacial score (nSPS) is 14.3. The maximum atomic E-state index is 11.3. The second-order valence-corrected chi connectivity index (χ2v) is 4.07. The van der Waals surface area contributed by atoms with Crippen molar-refractivity contribution in [2.45, 2.75) is 39.3 Å². The molecule has 1 amide bonds. The molecule has 15 heavy (non-hydrogen) atoms. The van der Waals surface area contributed by atoms with Crippen molar-refractivity contribution in [1.82, 2.24) is 5.32 Å². The lowest BCUT2D eigenvalue weighted by Crippen LogP contribution is -2.44. The molecule has 0 spiro atoms. The molecule has 1 atom stereocenters. The summed E-state index contributed by atoms with van der Waals surface area (Å²) in [5.74, 6) is 0.184. The Morgan fingerprint density at radius 3 is 2.40 bits per heavy atom. The summed E-state index contributed by atoms with van der Waals surface area (Å²) in [5, 5.41) is 6.02. The lowest BCUT2D eigenvalue weighted by molar-refractivity contribution is 0.0520. The molecule has 0 heterocycles. The highest BCUT2D eigenvalue weighted by Gasteiger charge is 2.18. The fraction of sp³-hybridized carbons (Fsp3) is 0.778. The van der Waals surface area contributed by atoms with Gasteiger partial charge in [-0.1, -0.05) is 5.16 Å². The molecule has 0 aliphatic heterocycles. The topological polar surface area (TPSA) is 85.9 Å². The van der Waals surface area contributed by atoms with Crippen LogP contribution in [-0.2, 0) is 9.57 Å². The minimum atomic E-state index is -0.538. The standard InChI is InChI=1S/C9H19N3O3/c1-6(7(10)12-14-5)11-8(13)15-9(2,3)4/h6H,1-5H3,(H2,10,12)(H,11,13)/t6-/m0/s1. The summed E-state index contributed by atoms with van der Waals surface area (Å²) in [6, 6.07) is -0.431. The predicted molar refractivity (Wildman–Crippen MR) is 57.5 cm³/mol. The maximum Gasteiger partial charge on any atom is 0.408 e. The van der Waals surface area contributed by atoms with Crippen molar-refractivity contribution in [3.63, 3.8) is 0 Å². The highest BCUT2D eigenvalue weighted by Crippen LogP contribution is 2.06. The summed E-state index contributed by atoms with van der Waals surface area (Å²) in [5.41, 5.74) is 4.96. The summed E-state index contributed by atoms with van der Waals surface area (Å²) in [6.07, 6.45) is -0.538. The molecule has 0 rings (SSSR count). The fourth-order valence-electron chi connectivity index (χ4n) is 0.743. The molecule has 0 bridgehead atoms. The number of nitrogens with two attached hydrogens (primary N) is 1.